The third kappa shape index (κ3) is 3.30. The Morgan fingerprint density at radius 3 is 2.00 bits per heavy atom. The summed E-state index contributed by atoms with van der Waals surface area (Å²) < 4.78 is 0. The molecule has 0 aromatic heterocycles. The molecule has 0 heterocycles. The molecule has 0 unspecified atom stereocenters. The van der Waals surface area contributed by atoms with Crippen molar-refractivity contribution in [2.24, 2.45) is 0 Å². The van der Waals surface area contributed by atoms with E-state index in [1.807, 2.05) is 70.2 Å². The van der Waals surface area contributed by atoms with Gasteiger partial charge >= 0.3 is 0 Å². The Kier molecular flexibility index (Phi) is 4.70. The van der Waals surface area contributed by atoms with E-state index in [0.29, 0.717) is 0 Å². The Hall–Kier alpha value is -1.35. The van der Waals surface area contributed by atoms with Crippen LogP contribution in [0.4, 0.5) is 0 Å². The van der Waals surface area contributed by atoms with Crippen LogP contribution in [0, 0.1) is 0 Å². The molecule has 17 heavy (non-hydrogen) atoms. The quantitative estimate of drug-likeness (QED) is 0.747. The predicted octanol–water partition coefficient (Wildman–Crippen LogP) is 2.50. The summed E-state index contributed by atoms with van der Waals surface area (Å²) in [6.45, 7) is 6.00. The van der Waals surface area contributed by atoms with E-state index in [0.717, 1.165) is 5.56 Å². The molecule has 0 saturated heterocycles. The van der Waals surface area contributed by atoms with Crippen molar-refractivity contribution in [3.63, 3.8) is 0 Å². The highest BCUT2D eigenvalue weighted by Gasteiger charge is 2.25. The van der Waals surface area contributed by atoms with Crippen LogP contribution in [0.2, 0.25) is 0 Å². The van der Waals surface area contributed by atoms with Gasteiger partial charge in [0.1, 0.15) is 0 Å². The van der Waals surface area contributed by atoms with Gasteiger partial charge in [-0.05, 0) is 26.3 Å². The first-order chi connectivity index (χ1) is 7.95. The minimum atomic E-state index is -0.110. The number of hydrogen-bond donors (Lipinski definition) is 0. The zero-order valence-electron chi connectivity index (χ0n) is 11.3. The van der Waals surface area contributed by atoms with Gasteiger partial charge in [-0.1, -0.05) is 30.3 Å². The van der Waals surface area contributed by atoms with E-state index in [4.69, 9.17) is 0 Å². The lowest BCUT2D eigenvalue weighted by Crippen LogP contribution is -2.48. The second-order valence-corrected chi connectivity index (χ2v) is 4.76. The molecule has 0 aliphatic rings. The summed E-state index contributed by atoms with van der Waals surface area (Å²) in [5, 5.41) is 3.64. The highest BCUT2D eigenvalue weighted by Crippen LogP contribution is 2.19. The highest BCUT2D eigenvalue weighted by atomic mass is 16.2. The molecule has 0 aliphatic heterocycles. The Morgan fingerprint density at radius 1 is 1.06 bits per heavy atom. The first-order valence-electron chi connectivity index (χ1n) is 6.00. The molecule has 1 aromatic carbocycles. The number of carbonyl (C=O) groups is 1. The van der Waals surface area contributed by atoms with Crippen molar-refractivity contribution in [3.05, 3.63) is 35.9 Å². The summed E-state index contributed by atoms with van der Waals surface area (Å²) in [6, 6.07) is 10.1. The molecule has 0 radical (unpaired) electrons. The van der Waals surface area contributed by atoms with Crippen molar-refractivity contribution in [3.8, 4) is 0 Å². The van der Waals surface area contributed by atoms with Crippen molar-refractivity contribution >= 4 is 5.91 Å². The summed E-state index contributed by atoms with van der Waals surface area (Å²) in [5.74, 6) is 0.0252. The molecule has 0 bridgehead atoms. The fourth-order valence-corrected chi connectivity index (χ4v) is 2.00. The van der Waals surface area contributed by atoms with E-state index < -0.39 is 0 Å². The second-order valence-electron chi connectivity index (χ2n) is 4.76. The molecule has 0 spiro atoms. The van der Waals surface area contributed by atoms with E-state index in [1.165, 1.54) is 0 Å². The molecule has 3 heteroatoms. The van der Waals surface area contributed by atoms with Gasteiger partial charge < -0.3 is 0 Å². The predicted molar refractivity (Wildman–Crippen MR) is 70.5 cm³/mol. The van der Waals surface area contributed by atoms with Gasteiger partial charge in [0.25, 0.3) is 0 Å². The van der Waals surface area contributed by atoms with Gasteiger partial charge in [-0.15, -0.1) is 0 Å². The van der Waals surface area contributed by atoms with Crippen LogP contribution < -0.4 is 0 Å². The van der Waals surface area contributed by atoms with Crippen molar-refractivity contribution in [1.82, 2.24) is 10.0 Å². The van der Waals surface area contributed by atoms with Crippen LogP contribution in [0.15, 0.2) is 30.3 Å². The van der Waals surface area contributed by atoms with Crippen LogP contribution in [-0.2, 0) is 4.79 Å². The van der Waals surface area contributed by atoms with Crippen LogP contribution in [0.3, 0.4) is 0 Å². The number of hydrogen-bond acceptors (Lipinski definition) is 2. The number of rotatable bonds is 4. The summed E-state index contributed by atoms with van der Waals surface area (Å²) in [5.41, 5.74) is 1.06. The normalized spacial score (nSPS) is 12.9. The van der Waals surface area contributed by atoms with E-state index in [-0.39, 0.29) is 17.9 Å². The van der Waals surface area contributed by atoms with Gasteiger partial charge in [-0.25, -0.2) is 5.01 Å². The Labute approximate surface area is 104 Å². The molecular weight excluding hydrogens is 212 g/mol. The fourth-order valence-electron chi connectivity index (χ4n) is 2.00. The third-order valence-electron chi connectivity index (χ3n) is 2.82. The second kappa shape index (κ2) is 5.82. The van der Waals surface area contributed by atoms with Gasteiger partial charge in [0.05, 0.1) is 5.92 Å². The molecular formula is C14H22N2O. The van der Waals surface area contributed by atoms with Crippen molar-refractivity contribution in [2.45, 2.75) is 32.7 Å². The SMILES string of the molecule is CC(C)N(C(=O)[C@@H](C)c1ccccc1)N(C)C. The molecule has 94 valence electrons. The number of nitrogens with zero attached hydrogens (tertiary/aromatic N) is 2. The number of benzene rings is 1. The largest absolute Gasteiger partial charge is 0.273 e. The van der Waals surface area contributed by atoms with E-state index in [9.17, 15) is 4.79 Å². The highest BCUT2D eigenvalue weighted by molar-refractivity contribution is 5.83. The molecule has 0 N–H and O–H groups in total. The van der Waals surface area contributed by atoms with Crippen LogP contribution in [0.5, 0.6) is 0 Å². The van der Waals surface area contributed by atoms with Gasteiger partial charge in [0.2, 0.25) is 5.91 Å². The van der Waals surface area contributed by atoms with Gasteiger partial charge in [-0.2, -0.15) is 0 Å². The van der Waals surface area contributed by atoms with E-state index in [2.05, 4.69) is 0 Å². The minimum absolute atomic E-state index is 0.110. The molecule has 1 atom stereocenters. The maximum Gasteiger partial charge on any atom is 0.244 e. The molecule has 3 nitrogen and oxygen atoms in total. The Balaban J connectivity index is 2.89. The lowest BCUT2D eigenvalue weighted by molar-refractivity contribution is -0.149. The number of carbonyl (C=O) groups excluding carboxylic acids is 1. The third-order valence-corrected chi connectivity index (χ3v) is 2.82. The van der Waals surface area contributed by atoms with Crippen LogP contribution >= 0.6 is 0 Å². The lowest BCUT2D eigenvalue weighted by Gasteiger charge is -2.34. The standard InChI is InChI=1S/C14H22N2O/c1-11(2)16(15(4)5)14(17)12(3)13-9-7-6-8-10-13/h6-12H,1-5H3/t12-/m0/s1. The molecule has 0 saturated carbocycles. The summed E-state index contributed by atoms with van der Waals surface area (Å²) in [7, 11) is 3.80. The van der Waals surface area contributed by atoms with Gasteiger partial charge in [0, 0.05) is 20.1 Å². The van der Waals surface area contributed by atoms with Crippen molar-refractivity contribution in [2.75, 3.05) is 14.1 Å². The topological polar surface area (TPSA) is 23.6 Å². The fraction of sp³-hybridized carbons (Fsp3) is 0.500. The molecule has 0 fully saturated rings. The van der Waals surface area contributed by atoms with E-state index in [1.54, 1.807) is 5.01 Å². The zero-order chi connectivity index (χ0) is 13.0. The van der Waals surface area contributed by atoms with Gasteiger partial charge in [-0.3, -0.25) is 9.80 Å². The number of amides is 1. The van der Waals surface area contributed by atoms with E-state index >= 15 is 0 Å². The first kappa shape index (κ1) is 13.7. The lowest BCUT2D eigenvalue weighted by atomic mass is 10.00. The summed E-state index contributed by atoms with van der Waals surface area (Å²) in [4.78, 5) is 12.4. The monoisotopic (exact) mass is 234 g/mol. The van der Waals surface area contributed by atoms with Crippen molar-refractivity contribution in [1.29, 1.82) is 0 Å². The zero-order valence-corrected chi connectivity index (χ0v) is 11.3. The Morgan fingerprint density at radius 2 is 1.59 bits per heavy atom. The maximum atomic E-state index is 12.4. The Bertz CT molecular complexity index is 352. The number of hydrazine groups is 1. The van der Waals surface area contributed by atoms with Crippen LogP contribution in [0.25, 0.3) is 0 Å². The molecule has 1 amide bonds. The molecule has 0 aliphatic carbocycles. The maximum absolute atomic E-state index is 12.4. The van der Waals surface area contributed by atoms with Crippen molar-refractivity contribution < 1.29 is 4.79 Å². The summed E-state index contributed by atoms with van der Waals surface area (Å²) >= 11 is 0. The average molecular weight is 234 g/mol. The van der Waals surface area contributed by atoms with Gasteiger partial charge in [0.15, 0.2) is 0 Å². The summed E-state index contributed by atoms with van der Waals surface area (Å²) in [6.07, 6.45) is 0. The first-order valence-corrected chi connectivity index (χ1v) is 6.00. The average Bonchev–Trinajstić information content (AvgIpc) is 2.28. The molecule has 1 rings (SSSR count). The van der Waals surface area contributed by atoms with Crippen LogP contribution in [0.1, 0.15) is 32.3 Å². The minimum Gasteiger partial charge on any atom is -0.273 e. The van der Waals surface area contributed by atoms with Crippen LogP contribution in [-0.4, -0.2) is 36.1 Å². The smallest absolute Gasteiger partial charge is 0.244 e. The molecule has 1 aromatic rings.